The number of carbonyl (C=O) groups excluding carboxylic acids is 2. The second-order valence-electron chi connectivity index (χ2n) is 10.7. The molecule has 0 amide bonds. The minimum absolute atomic E-state index is 0.0378. The summed E-state index contributed by atoms with van der Waals surface area (Å²) in [6.45, 7) is -1.40. The van der Waals surface area contributed by atoms with Crippen LogP contribution in [0.25, 0.3) is 0 Å². The maximum absolute atomic E-state index is 13.2. The molecule has 0 aromatic heterocycles. The lowest BCUT2D eigenvalue weighted by atomic mass is 9.96. The molecule has 2 fully saturated rings. The van der Waals surface area contributed by atoms with Crippen LogP contribution < -0.4 is 22.5 Å². The van der Waals surface area contributed by atoms with Crippen molar-refractivity contribution in [2.24, 2.45) is 17.2 Å². The van der Waals surface area contributed by atoms with Crippen molar-refractivity contribution in [2.75, 3.05) is 19.8 Å². The fraction of sp³-hybridized carbons (Fsp3) is 0.667. The molecule has 254 valence electrons. The smallest absolute Gasteiger partial charge is 0.323 e. The van der Waals surface area contributed by atoms with Crippen molar-refractivity contribution < 1.29 is 63.9 Å². The van der Waals surface area contributed by atoms with Gasteiger partial charge in [-0.25, -0.2) is 0 Å². The maximum atomic E-state index is 13.2. The SMILES string of the molecule is N=C(N)NCCC[C@H](N)C(=O)O[C@H]1[C@H](O)[C@@H](CO)O[C@H](O[C@H]2[C@H](O)[C@@H](O)[C@H](O)O[C@@H]2CO)[C@@H]1OC(=O)[C@@H](N)Cc1ccccc1. The van der Waals surface area contributed by atoms with Gasteiger partial charge in [0, 0.05) is 6.54 Å². The monoisotopic (exact) mass is 645 g/mol. The van der Waals surface area contributed by atoms with Gasteiger partial charge in [-0.05, 0) is 24.8 Å². The highest BCUT2D eigenvalue weighted by atomic mass is 16.7. The molecule has 2 heterocycles. The fourth-order valence-electron chi connectivity index (χ4n) is 4.86. The highest BCUT2D eigenvalue weighted by molar-refractivity contribution is 5.77. The molecular weight excluding hydrogens is 602 g/mol. The highest BCUT2D eigenvalue weighted by Gasteiger charge is 2.54. The van der Waals surface area contributed by atoms with Crippen molar-refractivity contribution in [1.29, 1.82) is 5.41 Å². The molecule has 1 aromatic rings. The summed E-state index contributed by atoms with van der Waals surface area (Å²) in [5, 5.41) is 71.1. The molecule has 2 aliphatic heterocycles. The van der Waals surface area contributed by atoms with Crippen LogP contribution in [0, 0.1) is 5.41 Å². The van der Waals surface area contributed by atoms with E-state index in [9.17, 15) is 40.2 Å². The number of nitrogens with two attached hydrogens (primary N) is 3. The molecule has 3 rings (SSSR count). The zero-order valence-electron chi connectivity index (χ0n) is 24.3. The largest absolute Gasteiger partial charge is 0.454 e. The number of ether oxygens (including phenoxy) is 5. The third kappa shape index (κ3) is 9.74. The lowest BCUT2D eigenvalue weighted by Crippen LogP contribution is -2.66. The van der Waals surface area contributed by atoms with E-state index in [1.165, 1.54) is 0 Å². The van der Waals surface area contributed by atoms with Crippen LogP contribution in [0.3, 0.4) is 0 Å². The van der Waals surface area contributed by atoms with Crippen LogP contribution >= 0.6 is 0 Å². The van der Waals surface area contributed by atoms with Gasteiger partial charge >= 0.3 is 11.9 Å². The van der Waals surface area contributed by atoms with E-state index in [4.69, 9.17) is 46.3 Å². The molecule has 0 unspecified atom stereocenters. The number of aliphatic hydroxyl groups excluding tert-OH is 6. The normalized spacial score (nSPS) is 33.1. The second-order valence-corrected chi connectivity index (χ2v) is 10.7. The standard InChI is InChI=1S/C27H43N5O13/c28-13(7-4-8-32-27(30)31)23(38)43-21-17(35)15(10-33)42-26(45-20-16(11-34)41-25(40)19(37)18(20)36)22(21)44-24(39)14(29)9-12-5-2-1-3-6-12/h1-3,5-6,13-22,25-26,33-37,40H,4,7-11,28-29H2,(H4,30,31,32)/t13-,14-,15+,16+,17+,18+,19+,20+,21-,22+,25+,26+/m0/s1. The van der Waals surface area contributed by atoms with E-state index in [2.05, 4.69) is 5.32 Å². The van der Waals surface area contributed by atoms with Crippen LogP contribution in [0.15, 0.2) is 30.3 Å². The lowest BCUT2D eigenvalue weighted by molar-refractivity contribution is -0.356. The van der Waals surface area contributed by atoms with Crippen LogP contribution in [0.5, 0.6) is 0 Å². The predicted octanol–water partition coefficient (Wildman–Crippen LogP) is -5.13. The zero-order chi connectivity index (χ0) is 33.3. The van der Waals surface area contributed by atoms with Gasteiger partial charge in [0.05, 0.1) is 13.2 Å². The zero-order valence-corrected chi connectivity index (χ0v) is 24.3. The van der Waals surface area contributed by atoms with Crippen molar-refractivity contribution in [3.8, 4) is 0 Å². The van der Waals surface area contributed by atoms with Gasteiger partial charge in [0.15, 0.2) is 30.7 Å². The molecule has 2 aliphatic rings. The summed E-state index contributed by atoms with van der Waals surface area (Å²) in [5.74, 6) is -2.32. The number of guanidine groups is 1. The first-order valence-corrected chi connectivity index (χ1v) is 14.3. The van der Waals surface area contributed by atoms with Gasteiger partial charge in [-0.3, -0.25) is 15.0 Å². The van der Waals surface area contributed by atoms with Crippen molar-refractivity contribution in [3.63, 3.8) is 0 Å². The first-order valence-electron chi connectivity index (χ1n) is 14.3. The van der Waals surface area contributed by atoms with Crippen molar-refractivity contribution in [1.82, 2.24) is 5.32 Å². The summed E-state index contributed by atoms with van der Waals surface area (Å²) < 4.78 is 27.7. The minimum atomic E-state index is -1.88. The molecule has 18 heteroatoms. The second kappa shape index (κ2) is 17.1. The van der Waals surface area contributed by atoms with Crippen LogP contribution in [0.1, 0.15) is 18.4 Å². The Morgan fingerprint density at radius 1 is 0.867 bits per heavy atom. The van der Waals surface area contributed by atoms with Gasteiger partial charge in [0.2, 0.25) is 0 Å². The number of hydrogen-bond acceptors (Lipinski definition) is 16. The van der Waals surface area contributed by atoms with Crippen molar-refractivity contribution >= 4 is 17.9 Å². The van der Waals surface area contributed by atoms with E-state index in [-0.39, 0.29) is 25.3 Å². The molecule has 0 bridgehead atoms. The van der Waals surface area contributed by atoms with Crippen LogP contribution in [-0.2, 0) is 39.7 Å². The Balaban J connectivity index is 1.88. The van der Waals surface area contributed by atoms with Gasteiger partial charge in [0.25, 0.3) is 0 Å². The third-order valence-corrected chi connectivity index (χ3v) is 7.34. The number of nitrogens with one attached hydrogen (secondary N) is 2. The van der Waals surface area contributed by atoms with E-state index < -0.39 is 98.6 Å². The third-order valence-electron chi connectivity index (χ3n) is 7.34. The predicted molar refractivity (Wildman–Crippen MR) is 152 cm³/mol. The minimum Gasteiger partial charge on any atom is -0.454 e. The first-order chi connectivity index (χ1) is 21.4. The Hall–Kier alpha value is -3.01. The molecule has 0 saturated carbocycles. The number of hydrogen-bond donors (Lipinski definition) is 11. The Labute approximate surface area is 258 Å². The molecule has 0 radical (unpaired) electrons. The number of esters is 2. The summed E-state index contributed by atoms with van der Waals surface area (Å²) >= 11 is 0. The first kappa shape index (κ1) is 36.5. The van der Waals surface area contributed by atoms with Crippen molar-refractivity contribution in [2.45, 2.75) is 92.8 Å². The summed E-state index contributed by atoms with van der Waals surface area (Å²) in [6.07, 6.45) is -16.9. The van der Waals surface area contributed by atoms with Crippen LogP contribution in [-0.4, -0.2) is 142 Å². The molecule has 14 N–H and O–H groups in total. The number of aliphatic hydroxyl groups is 6. The Morgan fingerprint density at radius 2 is 1.49 bits per heavy atom. The summed E-state index contributed by atoms with van der Waals surface area (Å²) in [7, 11) is 0. The van der Waals surface area contributed by atoms with Gasteiger partial charge in [-0.15, -0.1) is 0 Å². The van der Waals surface area contributed by atoms with Gasteiger partial charge < -0.3 is 76.8 Å². The van der Waals surface area contributed by atoms with E-state index in [1.807, 2.05) is 0 Å². The molecule has 12 atom stereocenters. The summed E-state index contributed by atoms with van der Waals surface area (Å²) in [5.41, 5.74) is 18.0. The quantitative estimate of drug-likeness (QED) is 0.0390. The molecule has 2 saturated heterocycles. The van der Waals surface area contributed by atoms with E-state index >= 15 is 0 Å². The molecular formula is C27H43N5O13. The van der Waals surface area contributed by atoms with Gasteiger partial charge in [-0.2, -0.15) is 0 Å². The van der Waals surface area contributed by atoms with Gasteiger partial charge in [-0.1, -0.05) is 30.3 Å². The average molecular weight is 646 g/mol. The van der Waals surface area contributed by atoms with Crippen molar-refractivity contribution in [3.05, 3.63) is 35.9 Å². The Bertz CT molecular complexity index is 1100. The van der Waals surface area contributed by atoms with Gasteiger partial charge in [0.1, 0.15) is 48.7 Å². The van der Waals surface area contributed by atoms with Crippen LogP contribution in [0.4, 0.5) is 0 Å². The Kier molecular flexibility index (Phi) is 13.8. The average Bonchev–Trinajstić information content (AvgIpc) is 3.02. The van der Waals surface area contributed by atoms with E-state index in [0.29, 0.717) is 12.0 Å². The molecule has 0 spiro atoms. The fourth-order valence-corrected chi connectivity index (χ4v) is 4.86. The number of carbonyl (C=O) groups is 2. The Morgan fingerprint density at radius 3 is 2.11 bits per heavy atom. The van der Waals surface area contributed by atoms with E-state index in [1.54, 1.807) is 30.3 Å². The molecule has 0 aliphatic carbocycles. The molecule has 1 aromatic carbocycles. The summed E-state index contributed by atoms with van der Waals surface area (Å²) in [6, 6.07) is 6.24. The maximum Gasteiger partial charge on any atom is 0.323 e. The van der Waals surface area contributed by atoms with E-state index in [0.717, 1.165) is 0 Å². The highest BCUT2D eigenvalue weighted by Crippen LogP contribution is 2.32. The molecule has 45 heavy (non-hydrogen) atoms. The summed E-state index contributed by atoms with van der Waals surface area (Å²) in [4.78, 5) is 26.2. The number of benzene rings is 1. The number of rotatable bonds is 14. The lowest BCUT2D eigenvalue weighted by Gasteiger charge is -2.46. The topological polar surface area (TPSA) is 316 Å². The molecule has 18 nitrogen and oxygen atoms in total. The van der Waals surface area contributed by atoms with Crippen LogP contribution in [0.2, 0.25) is 0 Å².